The predicted octanol–water partition coefficient (Wildman–Crippen LogP) is 3.32. The number of rotatable bonds is 5. The molecule has 1 aromatic carbocycles. The second kappa shape index (κ2) is 5.81. The Hall–Kier alpha value is -1.34. The van der Waals surface area contributed by atoms with Crippen LogP contribution in [0.4, 0.5) is 8.78 Å². The lowest BCUT2D eigenvalue weighted by molar-refractivity contribution is 0.352. The number of aromatic nitrogens is 2. The first-order valence-corrected chi connectivity index (χ1v) is 7.53. The van der Waals surface area contributed by atoms with E-state index >= 15 is 0 Å². The Labute approximate surface area is 129 Å². The van der Waals surface area contributed by atoms with E-state index in [2.05, 4.69) is 31.4 Å². The molecule has 2 aromatic rings. The molecule has 1 aliphatic rings. The highest BCUT2D eigenvalue weighted by molar-refractivity contribution is 9.10. The van der Waals surface area contributed by atoms with Crippen LogP contribution in [0.3, 0.4) is 0 Å². The molecule has 0 aliphatic heterocycles. The fourth-order valence-electron chi connectivity index (χ4n) is 2.34. The first kappa shape index (κ1) is 14.6. The Balaban J connectivity index is 1.83. The van der Waals surface area contributed by atoms with E-state index in [1.807, 2.05) is 7.05 Å². The monoisotopic (exact) mass is 357 g/mol. The van der Waals surface area contributed by atoms with Crippen molar-refractivity contribution in [2.24, 2.45) is 5.92 Å². The molecule has 1 saturated carbocycles. The van der Waals surface area contributed by atoms with Crippen molar-refractivity contribution in [3.63, 3.8) is 0 Å². The molecule has 1 aromatic heterocycles. The summed E-state index contributed by atoms with van der Waals surface area (Å²) in [6.07, 6.45) is 3.05. The zero-order valence-electron chi connectivity index (χ0n) is 11.4. The van der Waals surface area contributed by atoms with Gasteiger partial charge in [0, 0.05) is 18.0 Å². The summed E-state index contributed by atoms with van der Waals surface area (Å²) in [5.41, 5.74) is 0.372. The van der Waals surface area contributed by atoms with Crippen molar-refractivity contribution in [3.8, 4) is 11.4 Å². The maximum absolute atomic E-state index is 13.5. The zero-order valence-corrected chi connectivity index (χ0v) is 13.0. The molecule has 21 heavy (non-hydrogen) atoms. The van der Waals surface area contributed by atoms with Crippen LogP contribution < -0.4 is 5.32 Å². The Morgan fingerprint density at radius 1 is 1.43 bits per heavy atom. The number of hydrogen-bond donors (Lipinski definition) is 1. The van der Waals surface area contributed by atoms with E-state index in [-0.39, 0.29) is 10.3 Å². The molecule has 1 heterocycles. The number of halogens is 3. The van der Waals surface area contributed by atoms with Gasteiger partial charge in [-0.3, -0.25) is 0 Å². The van der Waals surface area contributed by atoms with Crippen LogP contribution in [0.1, 0.15) is 18.7 Å². The molecule has 0 saturated heterocycles. The highest BCUT2D eigenvalue weighted by Gasteiger charge is 2.31. The molecular formula is C14H14BrF2N3O. The second-order valence-corrected chi connectivity index (χ2v) is 5.96. The number of hydrogen-bond acceptors (Lipinski definition) is 4. The molecule has 1 aliphatic carbocycles. The van der Waals surface area contributed by atoms with Gasteiger partial charge in [0.2, 0.25) is 11.7 Å². The highest BCUT2D eigenvalue weighted by atomic mass is 79.9. The van der Waals surface area contributed by atoms with Crippen LogP contribution in [0.25, 0.3) is 11.4 Å². The SMILES string of the molecule is CNC(Cc1nc(-c2ccc(F)c(F)c2Br)no1)C1CC1. The number of nitrogens with one attached hydrogen (secondary N) is 1. The summed E-state index contributed by atoms with van der Waals surface area (Å²) in [7, 11) is 1.91. The lowest BCUT2D eigenvalue weighted by Crippen LogP contribution is -2.29. The van der Waals surface area contributed by atoms with E-state index in [9.17, 15) is 8.78 Å². The van der Waals surface area contributed by atoms with Crippen LogP contribution in [-0.2, 0) is 6.42 Å². The van der Waals surface area contributed by atoms with Gasteiger partial charge in [-0.1, -0.05) is 5.16 Å². The summed E-state index contributed by atoms with van der Waals surface area (Å²) in [4.78, 5) is 4.27. The lowest BCUT2D eigenvalue weighted by atomic mass is 10.1. The predicted molar refractivity (Wildman–Crippen MR) is 76.6 cm³/mol. The van der Waals surface area contributed by atoms with E-state index in [1.54, 1.807) is 0 Å². The lowest BCUT2D eigenvalue weighted by Gasteiger charge is -2.11. The van der Waals surface area contributed by atoms with Crippen LogP contribution in [-0.4, -0.2) is 23.2 Å². The summed E-state index contributed by atoms with van der Waals surface area (Å²) < 4.78 is 31.9. The number of benzene rings is 1. The Bertz CT molecular complexity index is 658. The molecule has 1 unspecified atom stereocenters. The van der Waals surface area contributed by atoms with Crippen LogP contribution in [0.15, 0.2) is 21.1 Å². The Kier molecular flexibility index (Phi) is 4.03. The molecular weight excluding hydrogens is 344 g/mol. The third-order valence-corrected chi connectivity index (χ3v) is 4.48. The largest absolute Gasteiger partial charge is 0.339 e. The summed E-state index contributed by atoms with van der Waals surface area (Å²) in [5.74, 6) is -0.474. The first-order chi connectivity index (χ1) is 10.1. The van der Waals surface area contributed by atoms with Crippen molar-refractivity contribution in [1.29, 1.82) is 0 Å². The van der Waals surface area contributed by atoms with E-state index in [0.717, 1.165) is 6.07 Å². The zero-order chi connectivity index (χ0) is 15.0. The molecule has 1 atom stereocenters. The summed E-state index contributed by atoms with van der Waals surface area (Å²) in [6, 6.07) is 2.78. The van der Waals surface area contributed by atoms with Gasteiger partial charge in [0.05, 0.1) is 4.47 Å². The standard InChI is InChI=1S/C14H14BrF2N3O/c1-18-10(7-2-3-7)6-11-19-14(20-21-11)8-4-5-9(16)13(17)12(8)15/h4-5,7,10,18H,2-3,6H2,1H3. The van der Waals surface area contributed by atoms with Crippen LogP contribution in [0.5, 0.6) is 0 Å². The minimum absolute atomic E-state index is 0.00205. The van der Waals surface area contributed by atoms with Crippen molar-refractivity contribution < 1.29 is 13.3 Å². The van der Waals surface area contributed by atoms with Crippen molar-refractivity contribution >= 4 is 15.9 Å². The third kappa shape index (κ3) is 2.98. The molecule has 0 amide bonds. The van der Waals surface area contributed by atoms with Gasteiger partial charge >= 0.3 is 0 Å². The van der Waals surface area contributed by atoms with Crippen LogP contribution in [0, 0.1) is 17.6 Å². The number of likely N-dealkylation sites (N-methyl/N-ethyl adjacent to an activating group) is 1. The molecule has 7 heteroatoms. The van der Waals surface area contributed by atoms with E-state index in [0.29, 0.717) is 29.8 Å². The van der Waals surface area contributed by atoms with Gasteiger partial charge in [-0.25, -0.2) is 8.78 Å². The molecule has 3 rings (SSSR count). The van der Waals surface area contributed by atoms with Gasteiger partial charge < -0.3 is 9.84 Å². The molecule has 0 bridgehead atoms. The van der Waals surface area contributed by atoms with Crippen molar-refractivity contribution in [1.82, 2.24) is 15.5 Å². The van der Waals surface area contributed by atoms with Crippen molar-refractivity contribution in [3.05, 3.63) is 34.1 Å². The van der Waals surface area contributed by atoms with E-state index in [1.165, 1.54) is 18.9 Å². The van der Waals surface area contributed by atoms with Gasteiger partial charge in [0.25, 0.3) is 0 Å². The fourth-order valence-corrected chi connectivity index (χ4v) is 2.84. The van der Waals surface area contributed by atoms with Gasteiger partial charge in [-0.2, -0.15) is 4.98 Å². The molecule has 0 radical (unpaired) electrons. The minimum atomic E-state index is -0.954. The molecule has 4 nitrogen and oxygen atoms in total. The van der Waals surface area contributed by atoms with E-state index < -0.39 is 11.6 Å². The van der Waals surface area contributed by atoms with E-state index in [4.69, 9.17) is 4.52 Å². The van der Waals surface area contributed by atoms with Crippen molar-refractivity contribution in [2.45, 2.75) is 25.3 Å². The summed E-state index contributed by atoms with van der Waals surface area (Å²) in [6.45, 7) is 0. The quantitative estimate of drug-likeness (QED) is 0.834. The third-order valence-electron chi connectivity index (χ3n) is 3.70. The molecule has 1 fully saturated rings. The number of nitrogens with zero attached hydrogens (tertiary/aromatic N) is 2. The van der Waals surface area contributed by atoms with Gasteiger partial charge in [-0.05, 0) is 53.9 Å². The minimum Gasteiger partial charge on any atom is -0.339 e. The van der Waals surface area contributed by atoms with Crippen molar-refractivity contribution in [2.75, 3.05) is 7.05 Å². The maximum Gasteiger partial charge on any atom is 0.228 e. The Morgan fingerprint density at radius 2 is 2.19 bits per heavy atom. The highest BCUT2D eigenvalue weighted by Crippen LogP contribution is 2.34. The normalized spacial score (nSPS) is 16.2. The molecule has 1 N–H and O–H groups in total. The van der Waals surface area contributed by atoms with Gasteiger partial charge in [0.15, 0.2) is 11.6 Å². The average Bonchev–Trinajstić information content (AvgIpc) is 3.22. The van der Waals surface area contributed by atoms with Crippen LogP contribution >= 0.6 is 15.9 Å². The maximum atomic E-state index is 13.5. The smallest absolute Gasteiger partial charge is 0.228 e. The topological polar surface area (TPSA) is 51.0 Å². The Morgan fingerprint density at radius 3 is 2.86 bits per heavy atom. The second-order valence-electron chi connectivity index (χ2n) is 5.17. The average molecular weight is 358 g/mol. The molecule has 0 spiro atoms. The first-order valence-electron chi connectivity index (χ1n) is 6.74. The van der Waals surface area contributed by atoms with Gasteiger partial charge in [-0.15, -0.1) is 0 Å². The van der Waals surface area contributed by atoms with Gasteiger partial charge in [0.1, 0.15) is 0 Å². The van der Waals surface area contributed by atoms with Crippen LogP contribution in [0.2, 0.25) is 0 Å². The molecule has 112 valence electrons. The summed E-state index contributed by atoms with van der Waals surface area (Å²) >= 11 is 3.03. The summed E-state index contributed by atoms with van der Waals surface area (Å²) in [5, 5.41) is 7.09. The fraction of sp³-hybridized carbons (Fsp3) is 0.429.